The molecule has 1 saturated carbocycles. The van der Waals surface area contributed by atoms with Gasteiger partial charge in [-0.1, -0.05) is 25.0 Å². The lowest BCUT2D eigenvalue weighted by atomic mass is 9.66. The largest absolute Gasteiger partial charge is 0.377 e. The van der Waals surface area contributed by atoms with Crippen LogP contribution < -0.4 is 27.0 Å². The summed E-state index contributed by atoms with van der Waals surface area (Å²) in [5.74, 6) is -1.10. The Morgan fingerprint density at radius 3 is 2.27 bits per heavy atom. The van der Waals surface area contributed by atoms with E-state index in [2.05, 4.69) is 21.3 Å². The fraction of sp³-hybridized carbons (Fsp3) is 0.536. The van der Waals surface area contributed by atoms with Crippen LogP contribution in [0.1, 0.15) is 56.9 Å². The molecule has 0 bridgehead atoms. The van der Waals surface area contributed by atoms with Crippen LogP contribution in [0.3, 0.4) is 0 Å². The molecule has 1 fully saturated rings. The van der Waals surface area contributed by atoms with Crippen molar-refractivity contribution in [1.82, 2.24) is 20.9 Å². The normalized spacial score (nSPS) is 17.1. The number of rotatable bonds is 17. The van der Waals surface area contributed by atoms with Crippen LogP contribution in [0.4, 0.5) is 10.5 Å². The Bertz CT molecular complexity index is 1110. The predicted octanol–water partition coefficient (Wildman–Crippen LogP) is 1.47. The first-order valence-electron chi connectivity index (χ1n) is 13.9. The van der Waals surface area contributed by atoms with Crippen LogP contribution >= 0.6 is 11.6 Å². The van der Waals surface area contributed by atoms with Gasteiger partial charge in [-0.15, -0.1) is 11.6 Å². The molecule has 2 atom stereocenters. The van der Waals surface area contributed by atoms with E-state index in [1.165, 1.54) is 17.1 Å². The van der Waals surface area contributed by atoms with Gasteiger partial charge in [0.05, 0.1) is 5.41 Å². The number of nitrogens with zero attached hydrogens (tertiary/aromatic N) is 1. The second-order valence-corrected chi connectivity index (χ2v) is 10.6. The molecule has 0 aromatic heterocycles. The van der Waals surface area contributed by atoms with Crippen LogP contribution in [-0.2, 0) is 25.1 Å². The van der Waals surface area contributed by atoms with Gasteiger partial charge in [0, 0.05) is 36.8 Å². The summed E-state index contributed by atoms with van der Waals surface area (Å²) in [6.07, 6.45) is 5.80. The van der Waals surface area contributed by atoms with Crippen LogP contribution in [0.5, 0.6) is 0 Å². The number of benzene rings is 1. The van der Waals surface area contributed by atoms with E-state index in [0.717, 1.165) is 18.4 Å². The third kappa shape index (κ3) is 9.00. The fourth-order valence-corrected chi connectivity index (χ4v) is 5.01. The molecule has 41 heavy (non-hydrogen) atoms. The average Bonchev–Trinajstić information content (AvgIpc) is 3.24. The molecule has 6 amide bonds. The number of anilines is 1. The zero-order valence-corrected chi connectivity index (χ0v) is 23.8. The molecule has 0 radical (unpaired) electrons. The number of nitrogens with one attached hydrogen (secondary N) is 4. The number of aliphatic hydroxyl groups excluding tert-OH is 1. The van der Waals surface area contributed by atoms with Gasteiger partial charge in [0.25, 0.3) is 11.8 Å². The van der Waals surface area contributed by atoms with E-state index in [1.807, 2.05) is 0 Å². The topological polar surface area (TPSA) is 183 Å². The van der Waals surface area contributed by atoms with Gasteiger partial charge in [-0.05, 0) is 62.8 Å². The second-order valence-electron chi connectivity index (χ2n) is 10.4. The molecular formula is C28H39ClN6O6. The van der Waals surface area contributed by atoms with Gasteiger partial charge in [0.15, 0.2) is 0 Å². The number of urea groups is 1. The fourth-order valence-electron chi connectivity index (χ4n) is 4.83. The molecule has 3 rings (SSSR count). The highest BCUT2D eigenvalue weighted by molar-refractivity contribution is 6.17. The second kappa shape index (κ2) is 15.5. The van der Waals surface area contributed by atoms with Crippen molar-refractivity contribution in [3.63, 3.8) is 0 Å². The van der Waals surface area contributed by atoms with Crippen LogP contribution in [0.25, 0.3) is 0 Å². The minimum absolute atomic E-state index is 0.241. The van der Waals surface area contributed by atoms with Crippen molar-refractivity contribution in [1.29, 1.82) is 0 Å². The standard InChI is InChI=1S/C28H39ClN6O6/c29-18-19-7-9-20(10-8-19)33-24(38)21(6-4-16-32-27(30)41)34-26(40)28(13-5-14-28)25(39)31-15-2-1-3-17-35-22(36)11-12-23(35)37/h7-12,21,25,31,39H,1-6,13-18H2,(H,33,38)(H,34,40)(H3,30,32,41)/t21-,25?/m0/s1. The maximum Gasteiger partial charge on any atom is 0.312 e. The first-order valence-corrected chi connectivity index (χ1v) is 14.4. The lowest BCUT2D eigenvalue weighted by Crippen LogP contribution is -2.60. The highest BCUT2D eigenvalue weighted by Gasteiger charge is 2.50. The Hall–Kier alpha value is -3.48. The van der Waals surface area contributed by atoms with E-state index in [1.54, 1.807) is 24.3 Å². The van der Waals surface area contributed by atoms with Crippen molar-refractivity contribution in [3.8, 4) is 0 Å². The average molecular weight is 591 g/mol. The van der Waals surface area contributed by atoms with Crippen LogP contribution in [-0.4, -0.2) is 71.6 Å². The monoisotopic (exact) mass is 590 g/mol. The van der Waals surface area contributed by atoms with E-state index in [9.17, 15) is 29.1 Å². The summed E-state index contributed by atoms with van der Waals surface area (Å²) >= 11 is 5.84. The highest BCUT2D eigenvalue weighted by atomic mass is 35.5. The molecule has 1 aromatic rings. The summed E-state index contributed by atoms with van der Waals surface area (Å²) in [4.78, 5) is 62.1. The molecule has 7 N–H and O–H groups in total. The van der Waals surface area contributed by atoms with Crippen molar-refractivity contribution in [2.75, 3.05) is 25.0 Å². The van der Waals surface area contributed by atoms with E-state index in [0.29, 0.717) is 56.8 Å². The van der Waals surface area contributed by atoms with Crippen molar-refractivity contribution in [3.05, 3.63) is 42.0 Å². The van der Waals surface area contributed by atoms with Crippen molar-refractivity contribution >= 4 is 46.9 Å². The van der Waals surface area contributed by atoms with Gasteiger partial charge in [-0.3, -0.25) is 29.4 Å². The lowest BCUT2D eigenvalue weighted by molar-refractivity contribution is -0.151. The number of imide groups is 1. The smallest absolute Gasteiger partial charge is 0.312 e. The number of halogens is 1. The van der Waals surface area contributed by atoms with Crippen molar-refractivity contribution < 1.29 is 29.1 Å². The number of hydrogen-bond donors (Lipinski definition) is 6. The van der Waals surface area contributed by atoms with E-state index < -0.39 is 35.5 Å². The zero-order chi connectivity index (χ0) is 29.8. The van der Waals surface area contributed by atoms with Crippen LogP contribution in [0.15, 0.2) is 36.4 Å². The highest BCUT2D eigenvalue weighted by Crippen LogP contribution is 2.43. The van der Waals surface area contributed by atoms with Crippen molar-refractivity contribution in [2.45, 2.75) is 69.5 Å². The summed E-state index contributed by atoms with van der Waals surface area (Å²) in [6, 6.07) is 5.46. The number of alkyl halides is 1. The maximum absolute atomic E-state index is 13.5. The van der Waals surface area contributed by atoms with Gasteiger partial charge < -0.3 is 26.8 Å². The molecule has 1 aromatic carbocycles. The van der Waals surface area contributed by atoms with Gasteiger partial charge in [0.1, 0.15) is 12.3 Å². The third-order valence-corrected chi connectivity index (χ3v) is 7.79. The summed E-state index contributed by atoms with van der Waals surface area (Å²) in [7, 11) is 0. The SMILES string of the molecule is NC(=O)NCCC[C@H](NC(=O)C1(C(O)NCCCCCN2C(=O)C=CC2=O)CCC1)C(=O)Nc1ccc(CCl)cc1. The van der Waals surface area contributed by atoms with Gasteiger partial charge >= 0.3 is 6.03 Å². The molecule has 1 unspecified atom stereocenters. The zero-order valence-electron chi connectivity index (χ0n) is 23.0. The van der Waals surface area contributed by atoms with Gasteiger partial charge in [0.2, 0.25) is 11.8 Å². The molecule has 0 spiro atoms. The van der Waals surface area contributed by atoms with E-state index >= 15 is 0 Å². The Morgan fingerprint density at radius 1 is 1.00 bits per heavy atom. The molecule has 1 aliphatic heterocycles. The number of unbranched alkanes of at least 4 members (excludes halogenated alkanes) is 2. The van der Waals surface area contributed by atoms with E-state index in [-0.39, 0.29) is 24.8 Å². The third-order valence-electron chi connectivity index (χ3n) is 7.48. The summed E-state index contributed by atoms with van der Waals surface area (Å²) in [5.41, 5.74) is 5.51. The molecule has 2 aliphatic rings. The van der Waals surface area contributed by atoms with Crippen LogP contribution in [0.2, 0.25) is 0 Å². The molecular weight excluding hydrogens is 552 g/mol. The Morgan fingerprint density at radius 2 is 1.68 bits per heavy atom. The number of primary amides is 1. The van der Waals surface area contributed by atoms with Crippen molar-refractivity contribution in [2.24, 2.45) is 11.1 Å². The summed E-state index contributed by atoms with van der Waals surface area (Å²) in [5, 5.41) is 22.1. The van der Waals surface area contributed by atoms with Crippen LogP contribution in [0, 0.1) is 5.41 Å². The first kappa shape index (κ1) is 32.0. The number of nitrogens with two attached hydrogens (primary N) is 1. The molecule has 0 saturated heterocycles. The quantitative estimate of drug-likeness (QED) is 0.0687. The molecule has 13 heteroatoms. The number of hydrogen-bond acceptors (Lipinski definition) is 7. The number of carbonyl (C=O) groups excluding carboxylic acids is 5. The Balaban J connectivity index is 1.52. The minimum Gasteiger partial charge on any atom is -0.377 e. The summed E-state index contributed by atoms with van der Waals surface area (Å²) in [6.45, 7) is 1.03. The molecule has 1 aliphatic carbocycles. The lowest BCUT2D eigenvalue weighted by Gasteiger charge is -2.44. The Kier molecular flexibility index (Phi) is 12.1. The number of amides is 6. The van der Waals surface area contributed by atoms with E-state index in [4.69, 9.17) is 17.3 Å². The summed E-state index contributed by atoms with van der Waals surface area (Å²) < 4.78 is 0. The molecule has 12 nitrogen and oxygen atoms in total. The Labute approximate surface area is 244 Å². The van der Waals surface area contributed by atoms with Gasteiger partial charge in [-0.2, -0.15) is 0 Å². The minimum atomic E-state index is -1.11. The number of carbonyl (C=O) groups is 5. The maximum atomic E-state index is 13.5. The van der Waals surface area contributed by atoms with Gasteiger partial charge in [-0.25, -0.2) is 4.79 Å². The molecule has 1 heterocycles. The predicted molar refractivity (Wildman–Crippen MR) is 153 cm³/mol. The number of aliphatic hydroxyl groups is 1. The first-order chi connectivity index (χ1) is 19.7. The molecule has 224 valence electrons.